The molecule has 2 atom stereocenters. The summed E-state index contributed by atoms with van der Waals surface area (Å²) in [5.74, 6) is 0. The van der Waals surface area contributed by atoms with Crippen LogP contribution in [0.15, 0.2) is 24.3 Å². The van der Waals surface area contributed by atoms with Gasteiger partial charge in [-0.1, -0.05) is 50.5 Å². The first kappa shape index (κ1) is 10.9. The fourth-order valence-electron chi connectivity index (χ4n) is 2.17. The second kappa shape index (κ2) is 5.47. The largest absolute Gasteiger partial charge is 0.285 e. The molecule has 2 nitrogen and oxygen atoms in total. The molecule has 0 bridgehead atoms. The molecule has 15 heavy (non-hydrogen) atoms. The fourth-order valence-corrected chi connectivity index (χ4v) is 2.17. The third kappa shape index (κ3) is 2.70. The van der Waals surface area contributed by atoms with Crippen LogP contribution in [-0.2, 0) is 0 Å². The summed E-state index contributed by atoms with van der Waals surface area (Å²) >= 11 is 0. The van der Waals surface area contributed by atoms with Gasteiger partial charge in [0.1, 0.15) is 6.67 Å². The summed E-state index contributed by atoms with van der Waals surface area (Å²) < 4.78 is 0. The SMILES string of the molecule is CCCCCCN1[C]NC2C=CC=CC21. The van der Waals surface area contributed by atoms with Crippen molar-refractivity contribution in [2.75, 3.05) is 6.54 Å². The lowest BCUT2D eigenvalue weighted by molar-refractivity contribution is 0.315. The first-order chi connectivity index (χ1) is 7.42. The molecular formula is C13H20N2. The normalized spacial score (nSPS) is 29.7. The Morgan fingerprint density at radius 1 is 1.20 bits per heavy atom. The van der Waals surface area contributed by atoms with Crippen molar-refractivity contribution in [1.82, 2.24) is 10.2 Å². The molecule has 82 valence electrons. The van der Waals surface area contributed by atoms with Gasteiger partial charge >= 0.3 is 0 Å². The number of nitrogens with one attached hydrogen (secondary N) is 1. The Labute approximate surface area is 93.0 Å². The minimum Gasteiger partial charge on any atom is -0.285 e. The number of allylic oxidation sites excluding steroid dienone is 2. The standard InChI is InChI=1S/C13H20N2/c1-2-3-4-7-10-15-11-14-12-8-5-6-9-13(12)15/h5-6,8-9,12-14H,2-4,7,10H2,1H3. The van der Waals surface area contributed by atoms with Crippen molar-refractivity contribution in [1.29, 1.82) is 0 Å². The molecule has 1 aliphatic heterocycles. The van der Waals surface area contributed by atoms with Crippen LogP contribution < -0.4 is 5.32 Å². The summed E-state index contributed by atoms with van der Waals surface area (Å²) in [5, 5.41) is 3.29. The van der Waals surface area contributed by atoms with E-state index in [1.54, 1.807) is 0 Å². The van der Waals surface area contributed by atoms with Gasteiger partial charge in [-0.3, -0.25) is 10.2 Å². The molecule has 0 aromatic carbocycles. The lowest BCUT2D eigenvalue weighted by Crippen LogP contribution is -2.34. The van der Waals surface area contributed by atoms with E-state index >= 15 is 0 Å². The zero-order valence-corrected chi connectivity index (χ0v) is 9.45. The van der Waals surface area contributed by atoms with Gasteiger partial charge in [0, 0.05) is 18.6 Å². The maximum absolute atomic E-state index is 3.29. The van der Waals surface area contributed by atoms with Crippen LogP contribution in [0.25, 0.3) is 0 Å². The predicted octanol–water partition coefficient (Wildman–Crippen LogP) is 2.33. The van der Waals surface area contributed by atoms with Crippen LogP contribution in [0.1, 0.15) is 32.6 Å². The molecule has 2 radical (unpaired) electrons. The molecule has 1 saturated heterocycles. The van der Waals surface area contributed by atoms with Crippen LogP contribution in [0.5, 0.6) is 0 Å². The van der Waals surface area contributed by atoms with Gasteiger partial charge in [0.25, 0.3) is 0 Å². The summed E-state index contributed by atoms with van der Waals surface area (Å²) in [4.78, 5) is 2.31. The second-order valence-corrected chi connectivity index (χ2v) is 4.30. The van der Waals surface area contributed by atoms with E-state index in [1.807, 2.05) is 0 Å². The number of unbranched alkanes of at least 4 members (excludes halogenated alkanes) is 3. The highest BCUT2D eigenvalue weighted by Crippen LogP contribution is 2.20. The highest BCUT2D eigenvalue weighted by atomic mass is 15.3. The Hall–Kier alpha value is -0.600. The third-order valence-corrected chi connectivity index (χ3v) is 3.09. The summed E-state index contributed by atoms with van der Waals surface area (Å²) in [5.41, 5.74) is 0. The molecule has 0 saturated carbocycles. The van der Waals surface area contributed by atoms with E-state index in [-0.39, 0.29) is 0 Å². The first-order valence-corrected chi connectivity index (χ1v) is 6.04. The molecule has 1 aliphatic carbocycles. The van der Waals surface area contributed by atoms with Crippen molar-refractivity contribution >= 4 is 0 Å². The molecular weight excluding hydrogens is 184 g/mol. The first-order valence-electron chi connectivity index (χ1n) is 6.04. The highest BCUT2D eigenvalue weighted by Gasteiger charge is 2.31. The summed E-state index contributed by atoms with van der Waals surface area (Å²) in [6.07, 6.45) is 14.0. The van der Waals surface area contributed by atoms with Crippen LogP contribution in [0.3, 0.4) is 0 Å². The van der Waals surface area contributed by atoms with Crippen LogP contribution in [0, 0.1) is 6.67 Å². The molecule has 2 unspecified atom stereocenters. The molecule has 1 fully saturated rings. The van der Waals surface area contributed by atoms with Gasteiger partial charge in [-0.25, -0.2) is 0 Å². The van der Waals surface area contributed by atoms with E-state index < -0.39 is 0 Å². The average Bonchev–Trinajstić information content (AvgIpc) is 2.68. The van der Waals surface area contributed by atoms with Gasteiger partial charge < -0.3 is 0 Å². The van der Waals surface area contributed by atoms with Crippen LogP contribution in [0.2, 0.25) is 0 Å². The van der Waals surface area contributed by atoms with Gasteiger partial charge in [-0.05, 0) is 6.42 Å². The minimum absolute atomic E-state index is 0.446. The number of rotatable bonds is 5. The molecule has 2 heteroatoms. The Bertz CT molecular complexity index is 245. The number of nitrogens with zero attached hydrogens (tertiary/aromatic N) is 1. The Kier molecular flexibility index (Phi) is 3.98. The van der Waals surface area contributed by atoms with E-state index in [9.17, 15) is 0 Å². The smallest absolute Gasteiger partial charge is 0.144 e. The van der Waals surface area contributed by atoms with E-state index in [0.717, 1.165) is 6.54 Å². The van der Waals surface area contributed by atoms with E-state index in [4.69, 9.17) is 0 Å². The molecule has 2 aliphatic rings. The molecule has 1 heterocycles. The molecule has 0 aromatic heterocycles. The van der Waals surface area contributed by atoms with Crippen LogP contribution in [-0.4, -0.2) is 23.5 Å². The monoisotopic (exact) mass is 204 g/mol. The van der Waals surface area contributed by atoms with Crippen molar-refractivity contribution in [3.63, 3.8) is 0 Å². The predicted molar refractivity (Wildman–Crippen MR) is 63.1 cm³/mol. The highest BCUT2D eigenvalue weighted by molar-refractivity contribution is 5.23. The van der Waals surface area contributed by atoms with Crippen molar-refractivity contribution < 1.29 is 0 Å². The van der Waals surface area contributed by atoms with Crippen LogP contribution >= 0.6 is 0 Å². The maximum Gasteiger partial charge on any atom is 0.144 e. The quantitative estimate of drug-likeness (QED) is 0.691. The van der Waals surface area contributed by atoms with E-state index in [1.165, 1.54) is 25.7 Å². The second-order valence-electron chi connectivity index (χ2n) is 4.30. The number of hydrogen-bond acceptors (Lipinski definition) is 2. The van der Waals surface area contributed by atoms with Gasteiger partial charge in [0.05, 0.1) is 0 Å². The molecule has 0 aromatic rings. The van der Waals surface area contributed by atoms with Crippen molar-refractivity contribution in [2.45, 2.75) is 44.7 Å². The minimum atomic E-state index is 0.446. The van der Waals surface area contributed by atoms with Gasteiger partial charge in [0.2, 0.25) is 0 Å². The van der Waals surface area contributed by atoms with E-state index in [2.05, 4.69) is 48.1 Å². The Morgan fingerprint density at radius 2 is 2.07 bits per heavy atom. The van der Waals surface area contributed by atoms with Crippen molar-refractivity contribution in [3.8, 4) is 0 Å². The third-order valence-electron chi connectivity index (χ3n) is 3.09. The Morgan fingerprint density at radius 3 is 2.93 bits per heavy atom. The van der Waals surface area contributed by atoms with Crippen LogP contribution in [0.4, 0.5) is 0 Å². The van der Waals surface area contributed by atoms with Gasteiger partial charge in [0.15, 0.2) is 0 Å². The molecule has 0 spiro atoms. The summed E-state index contributed by atoms with van der Waals surface area (Å²) in [6.45, 7) is 6.64. The van der Waals surface area contributed by atoms with Gasteiger partial charge in [-0.15, -0.1) is 0 Å². The van der Waals surface area contributed by atoms with Crippen molar-refractivity contribution in [2.24, 2.45) is 0 Å². The average molecular weight is 204 g/mol. The number of hydrogen-bond donors (Lipinski definition) is 1. The van der Waals surface area contributed by atoms with Crippen molar-refractivity contribution in [3.05, 3.63) is 31.0 Å². The maximum atomic E-state index is 3.29. The molecule has 0 amide bonds. The topological polar surface area (TPSA) is 15.3 Å². The summed E-state index contributed by atoms with van der Waals surface area (Å²) in [6, 6.07) is 0.942. The molecule has 1 N–H and O–H groups in total. The number of fused-ring (bicyclic) bond motifs is 1. The van der Waals surface area contributed by atoms with E-state index in [0.29, 0.717) is 12.1 Å². The zero-order valence-electron chi connectivity index (χ0n) is 9.45. The zero-order chi connectivity index (χ0) is 10.5. The fraction of sp³-hybridized carbons (Fsp3) is 0.615. The lowest BCUT2D eigenvalue weighted by atomic mass is 10.0. The Balaban J connectivity index is 1.74. The lowest BCUT2D eigenvalue weighted by Gasteiger charge is -2.23. The van der Waals surface area contributed by atoms with Gasteiger partial charge in [-0.2, -0.15) is 0 Å². The molecule has 2 rings (SSSR count). The summed E-state index contributed by atoms with van der Waals surface area (Å²) in [7, 11) is 0.